The molecular formula is C13H17BrO3. The predicted octanol–water partition coefficient (Wildman–Crippen LogP) is 2.86. The lowest BCUT2D eigenvalue weighted by molar-refractivity contribution is -0.155. The molecule has 0 saturated heterocycles. The summed E-state index contributed by atoms with van der Waals surface area (Å²) in [6.45, 7) is 3.49. The Bertz CT molecular complexity index is 401. The third-order valence-electron chi connectivity index (χ3n) is 2.99. The number of methoxy groups -OCH3 is 1. The van der Waals surface area contributed by atoms with Crippen LogP contribution in [0.3, 0.4) is 0 Å². The highest BCUT2D eigenvalue weighted by Gasteiger charge is 2.39. The van der Waals surface area contributed by atoms with Gasteiger partial charge in [0.05, 0.1) is 13.0 Å². The third kappa shape index (κ3) is 2.87. The summed E-state index contributed by atoms with van der Waals surface area (Å²) in [6.07, 6.45) is 0.515. The first kappa shape index (κ1) is 14.2. The van der Waals surface area contributed by atoms with Crippen molar-refractivity contribution in [3.63, 3.8) is 0 Å². The number of esters is 1. The van der Waals surface area contributed by atoms with E-state index in [1.54, 1.807) is 13.0 Å². The van der Waals surface area contributed by atoms with Gasteiger partial charge in [0.2, 0.25) is 0 Å². The number of carbonyl (C=O) groups excluding carboxylic acids is 1. The van der Waals surface area contributed by atoms with E-state index in [0.717, 1.165) is 4.47 Å². The van der Waals surface area contributed by atoms with Crippen LogP contribution in [0.15, 0.2) is 28.7 Å². The van der Waals surface area contributed by atoms with Crippen molar-refractivity contribution >= 4 is 21.9 Å². The van der Waals surface area contributed by atoms with Crippen LogP contribution < -0.4 is 0 Å². The fourth-order valence-electron chi connectivity index (χ4n) is 2.00. The zero-order valence-electron chi connectivity index (χ0n) is 10.2. The number of ether oxygens (including phenoxy) is 1. The predicted molar refractivity (Wildman–Crippen MR) is 69.5 cm³/mol. The topological polar surface area (TPSA) is 46.5 Å². The second-order valence-electron chi connectivity index (χ2n) is 4.11. The van der Waals surface area contributed by atoms with Crippen LogP contribution >= 0.6 is 15.9 Å². The lowest BCUT2D eigenvalue weighted by atomic mass is 9.81. The van der Waals surface area contributed by atoms with Gasteiger partial charge in [0.1, 0.15) is 5.60 Å². The van der Waals surface area contributed by atoms with Gasteiger partial charge in [-0.2, -0.15) is 0 Å². The first-order valence-corrected chi connectivity index (χ1v) is 6.29. The average Bonchev–Trinajstić information content (AvgIpc) is 2.29. The Morgan fingerprint density at radius 2 is 2.12 bits per heavy atom. The highest BCUT2D eigenvalue weighted by molar-refractivity contribution is 9.10. The van der Waals surface area contributed by atoms with E-state index in [9.17, 15) is 9.90 Å². The van der Waals surface area contributed by atoms with Crippen LogP contribution in [-0.4, -0.2) is 18.2 Å². The summed E-state index contributed by atoms with van der Waals surface area (Å²) in [5.41, 5.74) is -0.556. The number of benzene rings is 1. The summed E-state index contributed by atoms with van der Waals surface area (Å²) in [7, 11) is 1.33. The Morgan fingerprint density at radius 3 is 2.59 bits per heavy atom. The SMILES string of the molecule is CCC(C(=O)OC)C(C)(O)c1ccccc1Br. The molecular weight excluding hydrogens is 284 g/mol. The van der Waals surface area contributed by atoms with Crippen molar-refractivity contribution in [2.45, 2.75) is 25.9 Å². The average molecular weight is 301 g/mol. The van der Waals surface area contributed by atoms with E-state index in [1.165, 1.54) is 7.11 Å². The van der Waals surface area contributed by atoms with E-state index >= 15 is 0 Å². The van der Waals surface area contributed by atoms with E-state index in [4.69, 9.17) is 4.74 Å². The highest BCUT2D eigenvalue weighted by atomic mass is 79.9. The van der Waals surface area contributed by atoms with Gasteiger partial charge in [-0.1, -0.05) is 41.1 Å². The molecule has 1 aromatic carbocycles. The maximum Gasteiger partial charge on any atom is 0.311 e. The molecule has 0 aromatic heterocycles. The number of hydrogen-bond acceptors (Lipinski definition) is 3. The molecule has 17 heavy (non-hydrogen) atoms. The molecule has 2 atom stereocenters. The molecule has 4 heteroatoms. The molecule has 1 rings (SSSR count). The van der Waals surface area contributed by atoms with Crippen LogP contribution in [0.2, 0.25) is 0 Å². The fourth-order valence-corrected chi connectivity index (χ4v) is 2.68. The molecule has 0 radical (unpaired) electrons. The van der Waals surface area contributed by atoms with Crippen LogP contribution in [-0.2, 0) is 15.1 Å². The maximum atomic E-state index is 11.7. The summed E-state index contributed by atoms with van der Waals surface area (Å²) in [5.74, 6) is -0.973. The maximum absolute atomic E-state index is 11.7. The number of rotatable bonds is 4. The molecule has 1 N–H and O–H groups in total. The lowest BCUT2D eigenvalue weighted by Crippen LogP contribution is -2.37. The number of carbonyl (C=O) groups is 1. The molecule has 94 valence electrons. The van der Waals surface area contributed by atoms with Gasteiger partial charge in [-0.15, -0.1) is 0 Å². The molecule has 0 amide bonds. The minimum atomic E-state index is -1.25. The largest absolute Gasteiger partial charge is 0.469 e. The van der Waals surface area contributed by atoms with Gasteiger partial charge in [0.15, 0.2) is 0 Å². The molecule has 0 aliphatic rings. The van der Waals surface area contributed by atoms with Gasteiger partial charge in [0, 0.05) is 4.47 Å². The Balaban J connectivity index is 3.17. The van der Waals surface area contributed by atoms with Crippen molar-refractivity contribution in [1.82, 2.24) is 0 Å². The molecule has 0 spiro atoms. The number of aliphatic hydroxyl groups is 1. The van der Waals surface area contributed by atoms with Crippen LogP contribution in [0.25, 0.3) is 0 Å². The molecule has 3 nitrogen and oxygen atoms in total. The van der Waals surface area contributed by atoms with Crippen LogP contribution in [0.4, 0.5) is 0 Å². The van der Waals surface area contributed by atoms with Crippen molar-refractivity contribution in [3.8, 4) is 0 Å². The summed E-state index contributed by atoms with van der Waals surface area (Å²) >= 11 is 3.39. The molecule has 1 aromatic rings. The van der Waals surface area contributed by atoms with Crippen molar-refractivity contribution in [1.29, 1.82) is 0 Å². The lowest BCUT2D eigenvalue weighted by Gasteiger charge is -2.31. The molecule has 0 aliphatic carbocycles. The fraction of sp³-hybridized carbons (Fsp3) is 0.462. The Labute approximate surface area is 110 Å². The van der Waals surface area contributed by atoms with Gasteiger partial charge >= 0.3 is 5.97 Å². The van der Waals surface area contributed by atoms with Gasteiger partial charge in [-0.05, 0) is 25.0 Å². The molecule has 0 bridgehead atoms. The molecule has 0 fully saturated rings. The molecule has 0 saturated carbocycles. The first-order valence-electron chi connectivity index (χ1n) is 5.50. The van der Waals surface area contributed by atoms with Gasteiger partial charge in [-0.3, -0.25) is 4.79 Å². The highest BCUT2D eigenvalue weighted by Crippen LogP contribution is 2.36. The molecule has 0 aliphatic heterocycles. The third-order valence-corrected chi connectivity index (χ3v) is 3.68. The summed E-state index contributed by atoms with van der Waals surface area (Å²) in [5, 5.41) is 10.6. The Morgan fingerprint density at radius 1 is 1.53 bits per heavy atom. The zero-order valence-corrected chi connectivity index (χ0v) is 11.8. The van der Waals surface area contributed by atoms with Crippen LogP contribution in [0.5, 0.6) is 0 Å². The molecule has 0 heterocycles. The summed E-state index contributed by atoms with van der Waals surface area (Å²) < 4.78 is 5.52. The van der Waals surface area contributed by atoms with Crippen LogP contribution in [0, 0.1) is 5.92 Å². The first-order chi connectivity index (χ1) is 7.95. The zero-order chi connectivity index (χ0) is 13.1. The van der Waals surface area contributed by atoms with E-state index in [-0.39, 0.29) is 0 Å². The number of hydrogen-bond donors (Lipinski definition) is 1. The summed E-state index contributed by atoms with van der Waals surface area (Å²) in [4.78, 5) is 11.7. The van der Waals surface area contributed by atoms with E-state index < -0.39 is 17.5 Å². The van der Waals surface area contributed by atoms with Gasteiger partial charge in [0.25, 0.3) is 0 Å². The van der Waals surface area contributed by atoms with Crippen LogP contribution in [0.1, 0.15) is 25.8 Å². The van der Waals surface area contributed by atoms with Crippen molar-refractivity contribution in [2.75, 3.05) is 7.11 Å². The Kier molecular flexibility index (Phi) is 4.71. The van der Waals surface area contributed by atoms with Crippen molar-refractivity contribution in [2.24, 2.45) is 5.92 Å². The van der Waals surface area contributed by atoms with Crippen molar-refractivity contribution in [3.05, 3.63) is 34.3 Å². The minimum absolute atomic E-state index is 0.395. The number of halogens is 1. The standard InChI is InChI=1S/C13H17BrO3/c1-4-9(12(15)17-3)13(2,16)10-7-5-6-8-11(10)14/h5-9,16H,4H2,1-3H3. The second kappa shape index (κ2) is 5.65. The Hall–Kier alpha value is -0.870. The summed E-state index contributed by atoms with van der Waals surface area (Å²) in [6, 6.07) is 7.34. The smallest absolute Gasteiger partial charge is 0.311 e. The molecule has 2 unspecified atom stereocenters. The monoisotopic (exact) mass is 300 g/mol. The second-order valence-corrected chi connectivity index (χ2v) is 4.97. The quantitative estimate of drug-likeness (QED) is 0.870. The normalized spacial score (nSPS) is 16.1. The van der Waals surface area contributed by atoms with Gasteiger partial charge < -0.3 is 9.84 Å². The van der Waals surface area contributed by atoms with E-state index in [2.05, 4.69) is 15.9 Å². The van der Waals surface area contributed by atoms with E-state index in [1.807, 2.05) is 25.1 Å². The van der Waals surface area contributed by atoms with E-state index in [0.29, 0.717) is 12.0 Å². The van der Waals surface area contributed by atoms with Gasteiger partial charge in [-0.25, -0.2) is 0 Å². The minimum Gasteiger partial charge on any atom is -0.469 e. The van der Waals surface area contributed by atoms with Crippen molar-refractivity contribution < 1.29 is 14.6 Å².